The third-order valence-electron chi connectivity index (χ3n) is 5.47. The quantitative estimate of drug-likeness (QED) is 0.563. The lowest BCUT2D eigenvalue weighted by Crippen LogP contribution is -2.36. The molecule has 4 heteroatoms. The van der Waals surface area contributed by atoms with E-state index in [-0.39, 0.29) is 0 Å². The Balaban J connectivity index is 1.61. The number of rotatable bonds is 4. The number of nitrogens with zero attached hydrogens (tertiary/aromatic N) is 1. The van der Waals surface area contributed by atoms with Gasteiger partial charge in [0.2, 0.25) is 0 Å². The number of para-hydroxylation sites is 1. The van der Waals surface area contributed by atoms with Crippen LogP contribution in [0.15, 0.2) is 51.1 Å². The number of hydrogen-bond acceptors (Lipinski definition) is 4. The third-order valence-corrected chi connectivity index (χ3v) is 7.43. The molecule has 4 rings (SSSR count). The monoisotopic (exact) mass is 370 g/mol. The van der Waals surface area contributed by atoms with Crippen LogP contribution in [0.5, 0.6) is 0 Å². The van der Waals surface area contributed by atoms with Gasteiger partial charge in [0.1, 0.15) is 0 Å². The number of thioether (sulfide) groups is 1. The Labute approximate surface area is 159 Å². The van der Waals surface area contributed by atoms with Crippen molar-refractivity contribution in [2.75, 3.05) is 25.2 Å². The number of nitrogens with one attached hydrogen (secondary N) is 1. The van der Waals surface area contributed by atoms with E-state index in [1.807, 2.05) is 23.5 Å². The molecule has 2 aliphatic heterocycles. The predicted octanol–water partition coefficient (Wildman–Crippen LogP) is 6.03. The molecule has 0 saturated carbocycles. The highest BCUT2D eigenvalue weighted by molar-refractivity contribution is 8.00. The number of hydrogen-bond donors (Lipinski definition) is 1. The van der Waals surface area contributed by atoms with Gasteiger partial charge >= 0.3 is 0 Å². The summed E-state index contributed by atoms with van der Waals surface area (Å²) in [5.74, 6) is 0. The Kier molecular flexibility index (Phi) is 5.30. The SMILES string of the molecule is CSc1ccc2c(c1CCC1CCCCN1C)Nc1ccccc1S2. The molecule has 2 heterocycles. The Morgan fingerprint density at radius 2 is 2.04 bits per heavy atom. The zero-order valence-corrected chi connectivity index (χ0v) is 16.7. The molecule has 1 N–H and O–H groups in total. The molecule has 0 amide bonds. The van der Waals surface area contributed by atoms with Crippen LogP contribution < -0.4 is 5.32 Å². The fourth-order valence-electron chi connectivity index (χ4n) is 4.00. The zero-order chi connectivity index (χ0) is 17.2. The maximum Gasteiger partial charge on any atom is 0.0570 e. The first-order chi connectivity index (χ1) is 12.3. The van der Waals surface area contributed by atoms with E-state index in [4.69, 9.17) is 0 Å². The second-order valence-electron chi connectivity index (χ2n) is 7.01. The largest absolute Gasteiger partial charge is 0.353 e. The highest BCUT2D eigenvalue weighted by atomic mass is 32.2. The fraction of sp³-hybridized carbons (Fsp3) is 0.429. The predicted molar refractivity (Wildman–Crippen MR) is 111 cm³/mol. The van der Waals surface area contributed by atoms with Crippen molar-refractivity contribution in [3.63, 3.8) is 0 Å². The molecule has 1 fully saturated rings. The molecule has 25 heavy (non-hydrogen) atoms. The van der Waals surface area contributed by atoms with Gasteiger partial charge in [-0.1, -0.05) is 30.3 Å². The molecule has 0 radical (unpaired) electrons. The average molecular weight is 371 g/mol. The second-order valence-corrected chi connectivity index (χ2v) is 8.94. The van der Waals surface area contributed by atoms with E-state index < -0.39 is 0 Å². The lowest BCUT2D eigenvalue weighted by atomic mass is 9.95. The van der Waals surface area contributed by atoms with Crippen LogP contribution in [0.25, 0.3) is 0 Å². The highest BCUT2D eigenvalue weighted by Crippen LogP contribution is 2.47. The first kappa shape index (κ1) is 17.3. The number of likely N-dealkylation sites (tertiary alicyclic amines) is 1. The summed E-state index contributed by atoms with van der Waals surface area (Å²) in [7, 11) is 2.30. The maximum absolute atomic E-state index is 3.73. The van der Waals surface area contributed by atoms with Gasteiger partial charge in [-0.2, -0.15) is 0 Å². The van der Waals surface area contributed by atoms with E-state index in [9.17, 15) is 0 Å². The lowest BCUT2D eigenvalue weighted by Gasteiger charge is -2.33. The molecular weight excluding hydrogens is 344 g/mol. The van der Waals surface area contributed by atoms with Crippen LogP contribution in [0.1, 0.15) is 31.2 Å². The summed E-state index contributed by atoms with van der Waals surface area (Å²) in [5, 5.41) is 3.73. The van der Waals surface area contributed by atoms with Crippen molar-refractivity contribution >= 4 is 34.9 Å². The Morgan fingerprint density at radius 3 is 2.88 bits per heavy atom. The smallest absolute Gasteiger partial charge is 0.0570 e. The van der Waals surface area contributed by atoms with Crippen molar-refractivity contribution < 1.29 is 0 Å². The first-order valence-corrected chi connectivity index (χ1v) is 11.2. The Hall–Kier alpha value is -1.10. The molecule has 2 aromatic rings. The topological polar surface area (TPSA) is 15.3 Å². The summed E-state index contributed by atoms with van der Waals surface area (Å²) in [6.07, 6.45) is 8.71. The van der Waals surface area contributed by atoms with Crippen LogP contribution in [0.4, 0.5) is 11.4 Å². The lowest BCUT2D eigenvalue weighted by molar-refractivity contribution is 0.176. The van der Waals surface area contributed by atoms with Crippen molar-refractivity contribution in [3.8, 4) is 0 Å². The standard InChI is InChI=1S/C21H26N2S2/c1-23-14-6-5-7-15(23)10-11-16-18(24-2)12-13-20-21(16)22-17-8-3-4-9-19(17)25-20/h3-4,8-9,12-13,15,22H,5-7,10-11,14H2,1-2H3. The Bertz CT molecular complexity index is 760. The summed E-state index contributed by atoms with van der Waals surface area (Å²) in [4.78, 5) is 6.67. The van der Waals surface area contributed by atoms with Gasteiger partial charge in [0.25, 0.3) is 0 Å². The minimum absolute atomic E-state index is 0.739. The minimum Gasteiger partial charge on any atom is -0.353 e. The van der Waals surface area contributed by atoms with Crippen molar-refractivity contribution in [2.45, 2.75) is 52.8 Å². The summed E-state index contributed by atoms with van der Waals surface area (Å²) in [6, 6.07) is 14.0. The summed E-state index contributed by atoms with van der Waals surface area (Å²) in [6.45, 7) is 1.26. The molecule has 1 saturated heterocycles. The van der Waals surface area contributed by atoms with Gasteiger partial charge in [-0.05, 0) is 75.4 Å². The van der Waals surface area contributed by atoms with Crippen molar-refractivity contribution in [3.05, 3.63) is 42.0 Å². The molecule has 0 aromatic heterocycles. The molecule has 0 bridgehead atoms. The molecule has 132 valence electrons. The highest BCUT2D eigenvalue weighted by Gasteiger charge is 2.23. The molecule has 1 atom stereocenters. The summed E-state index contributed by atoms with van der Waals surface area (Å²) in [5.41, 5.74) is 4.09. The summed E-state index contributed by atoms with van der Waals surface area (Å²) >= 11 is 3.77. The first-order valence-electron chi connectivity index (χ1n) is 9.20. The van der Waals surface area contributed by atoms with Crippen molar-refractivity contribution in [1.29, 1.82) is 0 Å². The van der Waals surface area contributed by atoms with Crippen LogP contribution in [0, 0.1) is 0 Å². The van der Waals surface area contributed by atoms with Crippen molar-refractivity contribution in [2.24, 2.45) is 0 Å². The number of fused-ring (bicyclic) bond motifs is 2. The average Bonchev–Trinajstić information content (AvgIpc) is 2.65. The van der Waals surface area contributed by atoms with Crippen LogP contribution in [0.3, 0.4) is 0 Å². The summed E-state index contributed by atoms with van der Waals surface area (Å²) < 4.78 is 0. The van der Waals surface area contributed by atoms with Crippen LogP contribution in [-0.4, -0.2) is 30.8 Å². The van der Waals surface area contributed by atoms with Gasteiger partial charge in [0.05, 0.1) is 11.4 Å². The fourth-order valence-corrected chi connectivity index (χ4v) is 5.68. The van der Waals surface area contributed by atoms with Crippen molar-refractivity contribution in [1.82, 2.24) is 4.90 Å². The normalized spacial score (nSPS) is 19.8. The third kappa shape index (κ3) is 3.57. The molecule has 2 nitrogen and oxygen atoms in total. The van der Waals surface area contributed by atoms with E-state index in [1.54, 1.807) is 0 Å². The molecule has 2 aliphatic rings. The van der Waals surface area contributed by atoms with Gasteiger partial charge in [-0.3, -0.25) is 0 Å². The molecule has 0 aliphatic carbocycles. The van der Waals surface area contributed by atoms with Crippen LogP contribution >= 0.6 is 23.5 Å². The van der Waals surface area contributed by atoms with Gasteiger partial charge in [-0.15, -0.1) is 11.8 Å². The second kappa shape index (κ2) is 7.65. The van der Waals surface area contributed by atoms with Gasteiger partial charge in [0, 0.05) is 20.7 Å². The number of piperidine rings is 1. The zero-order valence-electron chi connectivity index (χ0n) is 15.0. The molecule has 0 spiro atoms. The molecule has 1 unspecified atom stereocenters. The Morgan fingerprint density at radius 1 is 1.16 bits per heavy atom. The van der Waals surface area contributed by atoms with E-state index in [0.717, 1.165) is 12.5 Å². The van der Waals surface area contributed by atoms with E-state index in [1.165, 1.54) is 63.9 Å². The molecule has 2 aromatic carbocycles. The van der Waals surface area contributed by atoms with E-state index >= 15 is 0 Å². The van der Waals surface area contributed by atoms with Gasteiger partial charge < -0.3 is 10.2 Å². The van der Waals surface area contributed by atoms with Crippen LogP contribution in [0.2, 0.25) is 0 Å². The van der Waals surface area contributed by atoms with Gasteiger partial charge in [-0.25, -0.2) is 0 Å². The minimum atomic E-state index is 0.739. The van der Waals surface area contributed by atoms with Gasteiger partial charge in [0.15, 0.2) is 0 Å². The van der Waals surface area contributed by atoms with E-state index in [2.05, 4.69) is 59.9 Å². The number of benzene rings is 2. The maximum atomic E-state index is 3.73. The van der Waals surface area contributed by atoms with Crippen LogP contribution in [-0.2, 0) is 6.42 Å². The molecular formula is C21H26N2S2. The van der Waals surface area contributed by atoms with E-state index in [0.29, 0.717) is 0 Å². The number of anilines is 2.